The Morgan fingerprint density at radius 2 is 1.52 bits per heavy atom. The normalized spacial score (nSPS) is 17.7. The maximum absolute atomic E-state index is 12.2. The zero-order chi connectivity index (χ0) is 16.3. The van der Waals surface area contributed by atoms with Crippen LogP contribution in [0.15, 0.2) is 0 Å². The number of quaternary nitrogens is 1. The van der Waals surface area contributed by atoms with E-state index < -0.39 is 0 Å². The number of hydrogen-bond acceptors (Lipinski definition) is 2. The summed E-state index contributed by atoms with van der Waals surface area (Å²) in [6.07, 6.45) is 0. The molecule has 0 bridgehead atoms. The first-order valence-electron chi connectivity index (χ1n) is 7.93. The third-order valence-electron chi connectivity index (χ3n) is 3.84. The van der Waals surface area contributed by atoms with Gasteiger partial charge in [-0.15, -0.1) is 0 Å². The van der Waals surface area contributed by atoms with Gasteiger partial charge in [0.15, 0.2) is 0 Å². The number of carbonyl (C=O) groups is 2. The van der Waals surface area contributed by atoms with Crippen molar-refractivity contribution in [1.29, 1.82) is 0 Å². The van der Waals surface area contributed by atoms with Crippen LogP contribution in [-0.4, -0.2) is 56.0 Å². The quantitative estimate of drug-likeness (QED) is 0.766. The van der Waals surface area contributed by atoms with Crippen LogP contribution < -0.4 is 10.2 Å². The lowest BCUT2D eigenvalue weighted by Crippen LogP contribution is -3.15. The predicted octanol–water partition coefficient (Wildman–Crippen LogP) is -0.0781. The SMILES string of the molecule is CC(C)(C)C(=O)NCC[NH+]1CCN(C(=O)C(C)(C)C)CC1. The summed E-state index contributed by atoms with van der Waals surface area (Å²) in [6.45, 7) is 16.9. The highest BCUT2D eigenvalue weighted by atomic mass is 16.2. The molecule has 1 saturated heterocycles. The van der Waals surface area contributed by atoms with Crippen molar-refractivity contribution in [2.75, 3.05) is 39.3 Å². The van der Waals surface area contributed by atoms with Gasteiger partial charge < -0.3 is 15.1 Å². The first-order chi connectivity index (χ1) is 9.51. The van der Waals surface area contributed by atoms with E-state index >= 15 is 0 Å². The van der Waals surface area contributed by atoms with Gasteiger partial charge in [-0.05, 0) is 0 Å². The van der Waals surface area contributed by atoms with Crippen LogP contribution in [0.25, 0.3) is 0 Å². The molecule has 1 aliphatic heterocycles. The van der Waals surface area contributed by atoms with E-state index in [0.717, 1.165) is 32.7 Å². The van der Waals surface area contributed by atoms with E-state index in [1.165, 1.54) is 4.90 Å². The van der Waals surface area contributed by atoms with Crippen molar-refractivity contribution in [1.82, 2.24) is 10.2 Å². The third kappa shape index (κ3) is 5.65. The lowest BCUT2D eigenvalue weighted by molar-refractivity contribution is -0.902. The molecule has 0 aromatic carbocycles. The highest BCUT2D eigenvalue weighted by Gasteiger charge is 2.31. The highest BCUT2D eigenvalue weighted by Crippen LogP contribution is 2.17. The second-order valence-electron chi connectivity index (χ2n) is 8.05. The Morgan fingerprint density at radius 3 is 1.95 bits per heavy atom. The lowest BCUT2D eigenvalue weighted by Gasteiger charge is -2.35. The molecular weight excluding hydrogens is 266 g/mol. The molecule has 2 amide bonds. The summed E-state index contributed by atoms with van der Waals surface area (Å²) in [7, 11) is 0. The molecule has 0 spiro atoms. The Balaban J connectivity index is 2.29. The number of amides is 2. The van der Waals surface area contributed by atoms with Gasteiger partial charge in [-0.2, -0.15) is 0 Å². The Labute approximate surface area is 129 Å². The van der Waals surface area contributed by atoms with Gasteiger partial charge in [0.25, 0.3) is 0 Å². The fraction of sp³-hybridized carbons (Fsp3) is 0.875. The van der Waals surface area contributed by atoms with E-state index in [1.807, 2.05) is 46.4 Å². The molecule has 0 aromatic rings. The van der Waals surface area contributed by atoms with Gasteiger partial charge >= 0.3 is 0 Å². The standard InChI is InChI=1S/C16H31N3O2/c1-15(2,3)13(20)17-7-8-18-9-11-19(12-10-18)14(21)16(4,5)6/h7-12H2,1-6H3,(H,17,20)/p+1. The largest absolute Gasteiger partial charge is 0.350 e. The number of nitrogens with zero attached hydrogens (tertiary/aromatic N) is 1. The van der Waals surface area contributed by atoms with Crippen molar-refractivity contribution in [3.05, 3.63) is 0 Å². The minimum Gasteiger partial charge on any atom is -0.350 e. The summed E-state index contributed by atoms with van der Waals surface area (Å²) >= 11 is 0. The molecule has 21 heavy (non-hydrogen) atoms. The molecule has 1 rings (SSSR count). The smallest absolute Gasteiger partial charge is 0.228 e. The fourth-order valence-electron chi connectivity index (χ4n) is 2.37. The summed E-state index contributed by atoms with van der Waals surface area (Å²) in [5.41, 5.74) is -0.620. The van der Waals surface area contributed by atoms with Gasteiger partial charge in [-0.25, -0.2) is 0 Å². The monoisotopic (exact) mass is 298 g/mol. The maximum Gasteiger partial charge on any atom is 0.228 e. The van der Waals surface area contributed by atoms with E-state index in [0.29, 0.717) is 6.54 Å². The van der Waals surface area contributed by atoms with Crippen LogP contribution in [0.5, 0.6) is 0 Å². The van der Waals surface area contributed by atoms with E-state index in [2.05, 4.69) is 5.32 Å². The van der Waals surface area contributed by atoms with Crippen LogP contribution in [0.2, 0.25) is 0 Å². The second kappa shape index (κ2) is 6.77. The van der Waals surface area contributed by atoms with Gasteiger partial charge in [0, 0.05) is 10.8 Å². The molecule has 1 aliphatic rings. The third-order valence-corrected chi connectivity index (χ3v) is 3.84. The molecular formula is C16H32N3O2+. The van der Waals surface area contributed by atoms with Crippen LogP contribution in [-0.2, 0) is 9.59 Å². The molecule has 0 atom stereocenters. The highest BCUT2D eigenvalue weighted by molar-refractivity contribution is 5.81. The first-order valence-corrected chi connectivity index (χ1v) is 7.93. The molecule has 5 heteroatoms. The number of piperazine rings is 1. The Kier molecular flexibility index (Phi) is 5.79. The Bertz CT molecular complexity index is 369. The fourth-order valence-corrected chi connectivity index (χ4v) is 2.37. The zero-order valence-electron chi connectivity index (χ0n) is 14.5. The van der Waals surface area contributed by atoms with Crippen LogP contribution in [0.4, 0.5) is 0 Å². The van der Waals surface area contributed by atoms with Crippen LogP contribution in [0.1, 0.15) is 41.5 Å². The van der Waals surface area contributed by atoms with Crippen LogP contribution in [0.3, 0.4) is 0 Å². The van der Waals surface area contributed by atoms with Crippen molar-refractivity contribution in [3.63, 3.8) is 0 Å². The van der Waals surface area contributed by atoms with Gasteiger partial charge in [-0.3, -0.25) is 9.59 Å². The summed E-state index contributed by atoms with van der Waals surface area (Å²) < 4.78 is 0. The minimum atomic E-state index is -0.326. The van der Waals surface area contributed by atoms with E-state index in [-0.39, 0.29) is 22.6 Å². The molecule has 0 saturated carbocycles. The van der Waals surface area contributed by atoms with Gasteiger partial charge in [0.1, 0.15) is 0 Å². The number of hydrogen-bond donors (Lipinski definition) is 2. The predicted molar refractivity (Wildman–Crippen MR) is 84.1 cm³/mol. The number of rotatable bonds is 3. The molecule has 0 unspecified atom stereocenters. The summed E-state index contributed by atoms with van der Waals surface area (Å²) in [4.78, 5) is 27.4. The number of nitrogens with one attached hydrogen (secondary N) is 2. The molecule has 2 N–H and O–H groups in total. The number of carbonyl (C=O) groups excluding carboxylic acids is 2. The van der Waals surface area contributed by atoms with Gasteiger partial charge in [0.2, 0.25) is 11.8 Å². The summed E-state index contributed by atoms with van der Waals surface area (Å²) in [6, 6.07) is 0. The van der Waals surface area contributed by atoms with E-state index in [1.54, 1.807) is 0 Å². The second-order valence-corrected chi connectivity index (χ2v) is 8.05. The average Bonchev–Trinajstić information content (AvgIpc) is 2.36. The van der Waals surface area contributed by atoms with E-state index in [4.69, 9.17) is 0 Å². The summed E-state index contributed by atoms with van der Waals surface area (Å²) in [5, 5.41) is 2.99. The maximum atomic E-state index is 12.2. The lowest BCUT2D eigenvalue weighted by atomic mass is 9.94. The van der Waals surface area contributed by atoms with Crippen molar-refractivity contribution in [2.24, 2.45) is 10.8 Å². The van der Waals surface area contributed by atoms with Gasteiger partial charge in [0.05, 0.1) is 39.3 Å². The molecule has 0 aromatic heterocycles. The molecule has 1 fully saturated rings. The summed E-state index contributed by atoms with van der Waals surface area (Å²) in [5.74, 6) is 0.339. The molecule has 0 radical (unpaired) electrons. The van der Waals surface area contributed by atoms with Crippen LogP contribution >= 0.6 is 0 Å². The molecule has 1 heterocycles. The topological polar surface area (TPSA) is 53.9 Å². The van der Waals surface area contributed by atoms with Crippen LogP contribution in [0, 0.1) is 10.8 Å². The van der Waals surface area contributed by atoms with Gasteiger partial charge in [-0.1, -0.05) is 41.5 Å². The first kappa shape index (κ1) is 18.0. The van der Waals surface area contributed by atoms with Crippen molar-refractivity contribution < 1.29 is 14.5 Å². The average molecular weight is 298 g/mol. The Hall–Kier alpha value is -1.10. The van der Waals surface area contributed by atoms with Crippen molar-refractivity contribution in [3.8, 4) is 0 Å². The van der Waals surface area contributed by atoms with Crippen molar-refractivity contribution >= 4 is 11.8 Å². The Morgan fingerprint density at radius 1 is 1.00 bits per heavy atom. The molecule has 122 valence electrons. The molecule has 5 nitrogen and oxygen atoms in total. The molecule has 0 aliphatic carbocycles. The van der Waals surface area contributed by atoms with E-state index in [9.17, 15) is 9.59 Å². The zero-order valence-corrected chi connectivity index (χ0v) is 14.5. The van der Waals surface area contributed by atoms with Crippen molar-refractivity contribution in [2.45, 2.75) is 41.5 Å². The minimum absolute atomic E-state index is 0.100.